The molecule has 0 aliphatic heterocycles. The maximum atomic E-state index is 12.7. The highest BCUT2D eigenvalue weighted by molar-refractivity contribution is 7.92. The quantitative estimate of drug-likeness (QED) is 0.672. The highest BCUT2D eigenvalue weighted by Gasteiger charge is 2.19. The standard InChI is InChI=1S/C18H22ClN3O3S/c1-12-7-8-14(18(23)21-11-13(2)20-3)9-17(12)26(24,25)22-16-6-4-5-15(19)10-16/h4-10,13,20,22H,11H2,1-3H3,(H,21,23). The van der Waals surface area contributed by atoms with E-state index in [9.17, 15) is 13.2 Å². The van der Waals surface area contributed by atoms with Crippen LogP contribution in [-0.2, 0) is 10.0 Å². The number of likely N-dealkylation sites (N-methyl/N-ethyl adjacent to an activating group) is 1. The fraction of sp³-hybridized carbons (Fsp3) is 0.278. The summed E-state index contributed by atoms with van der Waals surface area (Å²) in [5.74, 6) is -0.327. The fourth-order valence-electron chi connectivity index (χ4n) is 2.24. The molecule has 1 unspecified atom stereocenters. The number of hydrogen-bond acceptors (Lipinski definition) is 4. The minimum Gasteiger partial charge on any atom is -0.350 e. The van der Waals surface area contributed by atoms with Crippen LogP contribution in [-0.4, -0.2) is 34.0 Å². The molecule has 0 spiro atoms. The number of benzene rings is 2. The molecule has 8 heteroatoms. The highest BCUT2D eigenvalue weighted by atomic mass is 35.5. The van der Waals surface area contributed by atoms with Crippen LogP contribution in [0.25, 0.3) is 0 Å². The number of amides is 1. The predicted molar refractivity (Wildman–Crippen MR) is 104 cm³/mol. The first-order valence-electron chi connectivity index (χ1n) is 8.07. The maximum Gasteiger partial charge on any atom is 0.262 e. The van der Waals surface area contributed by atoms with E-state index in [-0.39, 0.29) is 22.4 Å². The van der Waals surface area contributed by atoms with Gasteiger partial charge in [-0.25, -0.2) is 8.42 Å². The molecular formula is C18H22ClN3O3S. The van der Waals surface area contributed by atoms with Crippen molar-refractivity contribution >= 4 is 33.2 Å². The zero-order valence-electron chi connectivity index (χ0n) is 14.8. The summed E-state index contributed by atoms with van der Waals surface area (Å²) in [6.45, 7) is 4.05. The van der Waals surface area contributed by atoms with Gasteiger partial charge in [0.15, 0.2) is 0 Å². The first-order chi connectivity index (χ1) is 12.2. The van der Waals surface area contributed by atoms with Gasteiger partial charge in [-0.1, -0.05) is 23.7 Å². The zero-order chi connectivity index (χ0) is 19.3. The van der Waals surface area contributed by atoms with Crippen molar-refractivity contribution in [3.05, 3.63) is 58.6 Å². The minimum atomic E-state index is -3.85. The van der Waals surface area contributed by atoms with Gasteiger partial charge >= 0.3 is 0 Å². The van der Waals surface area contributed by atoms with Crippen LogP contribution >= 0.6 is 11.6 Å². The molecule has 0 aliphatic rings. The number of halogens is 1. The summed E-state index contributed by atoms with van der Waals surface area (Å²) in [5.41, 5.74) is 1.18. The van der Waals surface area contributed by atoms with Crippen LogP contribution in [0.2, 0.25) is 5.02 Å². The Morgan fingerprint density at radius 3 is 2.58 bits per heavy atom. The molecule has 2 aromatic rings. The second-order valence-electron chi connectivity index (χ2n) is 6.00. The maximum absolute atomic E-state index is 12.7. The lowest BCUT2D eigenvalue weighted by atomic mass is 10.1. The monoisotopic (exact) mass is 395 g/mol. The van der Waals surface area contributed by atoms with E-state index in [0.717, 1.165) is 0 Å². The Kier molecular flexibility index (Phi) is 6.63. The number of sulfonamides is 1. The molecule has 3 N–H and O–H groups in total. The summed E-state index contributed by atoms with van der Waals surface area (Å²) in [6.07, 6.45) is 0. The summed E-state index contributed by atoms with van der Waals surface area (Å²) in [4.78, 5) is 12.3. The van der Waals surface area contributed by atoms with Gasteiger partial charge in [0.2, 0.25) is 0 Å². The van der Waals surface area contributed by atoms with Crippen molar-refractivity contribution in [2.45, 2.75) is 24.8 Å². The fourth-order valence-corrected chi connectivity index (χ4v) is 3.75. The largest absolute Gasteiger partial charge is 0.350 e. The van der Waals surface area contributed by atoms with E-state index in [4.69, 9.17) is 11.6 Å². The number of carbonyl (C=O) groups excluding carboxylic acids is 1. The van der Waals surface area contributed by atoms with E-state index in [2.05, 4.69) is 15.4 Å². The van der Waals surface area contributed by atoms with Crippen molar-refractivity contribution in [1.29, 1.82) is 0 Å². The summed E-state index contributed by atoms with van der Waals surface area (Å²) in [7, 11) is -2.05. The van der Waals surface area contributed by atoms with Gasteiger partial charge in [0.25, 0.3) is 15.9 Å². The van der Waals surface area contributed by atoms with E-state index >= 15 is 0 Å². The van der Waals surface area contributed by atoms with Gasteiger partial charge in [0.05, 0.1) is 10.6 Å². The van der Waals surface area contributed by atoms with Crippen molar-refractivity contribution < 1.29 is 13.2 Å². The number of nitrogens with one attached hydrogen (secondary N) is 3. The summed E-state index contributed by atoms with van der Waals surface area (Å²) in [6, 6.07) is 11.1. The summed E-state index contributed by atoms with van der Waals surface area (Å²) >= 11 is 5.90. The van der Waals surface area contributed by atoms with Crippen molar-refractivity contribution in [2.75, 3.05) is 18.3 Å². The van der Waals surface area contributed by atoms with Crippen molar-refractivity contribution in [3.63, 3.8) is 0 Å². The Hall–Kier alpha value is -2.09. The lowest BCUT2D eigenvalue weighted by Gasteiger charge is -2.14. The number of rotatable bonds is 7. The van der Waals surface area contributed by atoms with Crippen LogP contribution in [0.1, 0.15) is 22.8 Å². The molecular weight excluding hydrogens is 374 g/mol. The summed E-state index contributed by atoms with van der Waals surface area (Å²) < 4.78 is 27.9. The molecule has 0 saturated heterocycles. The molecule has 0 heterocycles. The Morgan fingerprint density at radius 1 is 1.19 bits per heavy atom. The number of carbonyl (C=O) groups is 1. The van der Waals surface area contributed by atoms with Crippen LogP contribution in [0.4, 0.5) is 5.69 Å². The Bertz CT molecular complexity index is 900. The van der Waals surface area contributed by atoms with Gasteiger partial charge in [-0.15, -0.1) is 0 Å². The zero-order valence-corrected chi connectivity index (χ0v) is 16.4. The molecule has 0 saturated carbocycles. The van der Waals surface area contributed by atoms with Crippen molar-refractivity contribution in [3.8, 4) is 0 Å². The van der Waals surface area contributed by atoms with E-state index < -0.39 is 10.0 Å². The van der Waals surface area contributed by atoms with Crippen LogP contribution in [0.3, 0.4) is 0 Å². The highest BCUT2D eigenvalue weighted by Crippen LogP contribution is 2.22. The van der Waals surface area contributed by atoms with E-state index in [1.165, 1.54) is 12.1 Å². The summed E-state index contributed by atoms with van der Waals surface area (Å²) in [5, 5.41) is 6.21. The molecule has 1 atom stereocenters. The van der Waals surface area contributed by atoms with Crippen LogP contribution in [0.15, 0.2) is 47.4 Å². The van der Waals surface area contributed by atoms with E-state index in [1.54, 1.807) is 44.3 Å². The molecule has 0 bridgehead atoms. The smallest absolute Gasteiger partial charge is 0.262 e. The first kappa shape index (κ1) is 20.2. The van der Waals surface area contributed by atoms with Crippen molar-refractivity contribution in [1.82, 2.24) is 10.6 Å². The van der Waals surface area contributed by atoms with Gasteiger partial charge in [-0.2, -0.15) is 0 Å². The van der Waals surface area contributed by atoms with Crippen LogP contribution in [0.5, 0.6) is 0 Å². The van der Waals surface area contributed by atoms with Gasteiger partial charge in [-0.05, 0) is 56.8 Å². The van der Waals surface area contributed by atoms with Gasteiger partial charge in [0, 0.05) is 23.2 Å². The molecule has 26 heavy (non-hydrogen) atoms. The molecule has 0 aliphatic carbocycles. The topological polar surface area (TPSA) is 87.3 Å². The van der Waals surface area contributed by atoms with Crippen molar-refractivity contribution in [2.24, 2.45) is 0 Å². The van der Waals surface area contributed by atoms with Crippen LogP contribution < -0.4 is 15.4 Å². The lowest BCUT2D eigenvalue weighted by Crippen LogP contribution is -2.37. The van der Waals surface area contributed by atoms with E-state index in [0.29, 0.717) is 22.8 Å². The predicted octanol–water partition coefficient (Wildman–Crippen LogP) is 2.79. The van der Waals surface area contributed by atoms with Gasteiger partial charge in [-0.3, -0.25) is 9.52 Å². The third kappa shape index (κ3) is 5.20. The van der Waals surface area contributed by atoms with Gasteiger partial charge in [0.1, 0.15) is 0 Å². The minimum absolute atomic E-state index is 0.0480. The second-order valence-corrected chi connectivity index (χ2v) is 8.08. The average Bonchev–Trinajstić information content (AvgIpc) is 2.59. The Labute approximate surface area is 159 Å². The second kappa shape index (κ2) is 8.53. The van der Waals surface area contributed by atoms with Gasteiger partial charge < -0.3 is 10.6 Å². The molecule has 0 fully saturated rings. The van der Waals surface area contributed by atoms with E-state index in [1.807, 2.05) is 6.92 Å². The van der Waals surface area contributed by atoms with Crippen LogP contribution in [0, 0.1) is 6.92 Å². The third-order valence-corrected chi connectivity index (χ3v) is 5.64. The third-order valence-electron chi connectivity index (χ3n) is 3.88. The molecule has 2 rings (SSSR count). The molecule has 1 amide bonds. The first-order valence-corrected chi connectivity index (χ1v) is 9.93. The number of anilines is 1. The number of aryl methyl sites for hydroxylation is 1. The average molecular weight is 396 g/mol. The SMILES string of the molecule is CNC(C)CNC(=O)c1ccc(C)c(S(=O)(=O)Nc2cccc(Cl)c2)c1. The molecule has 6 nitrogen and oxygen atoms in total. The molecule has 0 radical (unpaired) electrons. The molecule has 140 valence electrons. The Balaban J connectivity index is 2.26. The Morgan fingerprint density at radius 2 is 1.92 bits per heavy atom. The normalized spacial score (nSPS) is 12.5. The molecule has 0 aromatic heterocycles. The number of hydrogen-bond donors (Lipinski definition) is 3. The lowest BCUT2D eigenvalue weighted by molar-refractivity contribution is 0.0950. The molecule has 2 aromatic carbocycles.